The van der Waals surface area contributed by atoms with E-state index in [9.17, 15) is 4.79 Å². The zero-order chi connectivity index (χ0) is 22.8. The van der Waals surface area contributed by atoms with E-state index in [0.29, 0.717) is 23.0 Å². The van der Waals surface area contributed by atoms with Gasteiger partial charge in [0.1, 0.15) is 0 Å². The molecule has 2 N–H and O–H groups in total. The van der Waals surface area contributed by atoms with Gasteiger partial charge in [0.2, 0.25) is 5.91 Å². The fourth-order valence-electron chi connectivity index (χ4n) is 7.98. The van der Waals surface area contributed by atoms with Crippen molar-refractivity contribution in [1.29, 1.82) is 0 Å². The maximum Gasteiger partial charge on any atom is 0.229 e. The topological polar surface area (TPSA) is 46.3 Å². The van der Waals surface area contributed by atoms with Crippen LogP contribution in [-0.4, -0.2) is 35.2 Å². The van der Waals surface area contributed by atoms with Crippen molar-refractivity contribution < 1.29 is 4.79 Å². The van der Waals surface area contributed by atoms with Gasteiger partial charge in [0.15, 0.2) is 0 Å². The molecule has 6 atom stereocenters. The molecule has 4 bridgehead atoms. The van der Waals surface area contributed by atoms with E-state index >= 15 is 0 Å². The van der Waals surface area contributed by atoms with Crippen molar-refractivity contribution in [3.63, 3.8) is 0 Å². The Morgan fingerprint density at radius 3 is 2.42 bits per heavy atom. The summed E-state index contributed by atoms with van der Waals surface area (Å²) in [6.45, 7) is 6.07. The van der Waals surface area contributed by atoms with Crippen molar-refractivity contribution in [3.05, 3.63) is 71.8 Å². The molecule has 5 fully saturated rings. The van der Waals surface area contributed by atoms with Crippen molar-refractivity contribution in [1.82, 2.24) is 4.90 Å². The molecule has 5 unspecified atom stereocenters. The Morgan fingerprint density at radius 2 is 1.73 bits per heavy atom. The molecule has 3 nitrogen and oxygen atoms in total. The number of hydrogen-bond acceptors (Lipinski definition) is 3. The summed E-state index contributed by atoms with van der Waals surface area (Å²) in [5, 5.41) is 0.572. The molecule has 7 rings (SSSR count). The van der Waals surface area contributed by atoms with Gasteiger partial charge in [-0.15, -0.1) is 0 Å². The Morgan fingerprint density at radius 1 is 1.03 bits per heavy atom. The first-order valence-electron chi connectivity index (χ1n) is 12.6. The summed E-state index contributed by atoms with van der Waals surface area (Å²) in [5.74, 6) is 2.57. The van der Waals surface area contributed by atoms with E-state index in [0.717, 1.165) is 38.1 Å². The number of nitrogens with zero attached hydrogens (tertiary/aromatic N) is 1. The molecular weight excluding hydrogens is 424 g/mol. The Kier molecular flexibility index (Phi) is 5.01. The van der Waals surface area contributed by atoms with Gasteiger partial charge in [-0.05, 0) is 54.1 Å². The molecule has 0 aromatic heterocycles. The number of thioether (sulfide) groups is 1. The second kappa shape index (κ2) is 7.61. The van der Waals surface area contributed by atoms with E-state index < -0.39 is 0 Å². The fraction of sp³-hybridized carbons (Fsp3) is 0.552. The van der Waals surface area contributed by atoms with Crippen LogP contribution in [0, 0.1) is 22.7 Å². The first-order valence-corrected chi connectivity index (χ1v) is 13.7. The Hall–Kier alpha value is -1.78. The fourth-order valence-corrected chi connectivity index (χ4v) is 9.73. The van der Waals surface area contributed by atoms with Crippen LogP contribution < -0.4 is 5.73 Å². The lowest BCUT2D eigenvalue weighted by Gasteiger charge is -2.46. The van der Waals surface area contributed by atoms with Crippen LogP contribution in [0.3, 0.4) is 0 Å². The average molecular weight is 461 g/mol. The van der Waals surface area contributed by atoms with Gasteiger partial charge in [0.25, 0.3) is 0 Å². The first-order chi connectivity index (χ1) is 15.9. The minimum Gasteiger partial charge on any atom is -0.342 e. The van der Waals surface area contributed by atoms with E-state index in [2.05, 4.69) is 91.2 Å². The standard InChI is InChI=1S/C29H36N2OS/c1-27(2)19-31(14-13-24(27)30)26(32)29-16-22-25(33-17-20-9-5-3-6-10-20)23(29)15-28(22,18-29)21-11-7-4-8-12-21/h3-12,22-25H,13-19,30H2,1-2H3/t22?,23?,24-,25?,28?,29?/m0/s1. The van der Waals surface area contributed by atoms with Gasteiger partial charge < -0.3 is 10.6 Å². The van der Waals surface area contributed by atoms with Crippen molar-refractivity contribution >= 4 is 17.7 Å². The van der Waals surface area contributed by atoms with E-state index in [1.54, 1.807) is 0 Å². The molecule has 1 saturated heterocycles. The second-order valence-corrected chi connectivity index (χ2v) is 13.0. The number of nitrogens with two attached hydrogens (primary N) is 1. The molecule has 5 aliphatic rings. The number of likely N-dealkylation sites (tertiary alicyclic amines) is 1. The zero-order valence-corrected chi connectivity index (χ0v) is 20.7. The van der Waals surface area contributed by atoms with Crippen LogP contribution in [0.15, 0.2) is 60.7 Å². The molecule has 4 aliphatic carbocycles. The molecule has 33 heavy (non-hydrogen) atoms. The summed E-state index contributed by atoms with van der Waals surface area (Å²) in [6, 6.07) is 22.1. The number of hydrogen-bond donors (Lipinski definition) is 1. The van der Waals surface area contributed by atoms with E-state index in [-0.39, 0.29) is 22.3 Å². The van der Waals surface area contributed by atoms with Crippen molar-refractivity contribution in [2.24, 2.45) is 28.4 Å². The van der Waals surface area contributed by atoms with Gasteiger partial charge in [0, 0.05) is 35.5 Å². The summed E-state index contributed by atoms with van der Waals surface area (Å²) in [7, 11) is 0. The van der Waals surface area contributed by atoms with E-state index in [1.165, 1.54) is 17.5 Å². The summed E-state index contributed by atoms with van der Waals surface area (Å²) < 4.78 is 0. The second-order valence-electron chi connectivity index (χ2n) is 11.8. The third-order valence-electron chi connectivity index (χ3n) is 9.67. The number of carbonyl (C=O) groups excluding carboxylic acids is 1. The van der Waals surface area contributed by atoms with Gasteiger partial charge in [-0.2, -0.15) is 11.8 Å². The quantitative estimate of drug-likeness (QED) is 0.664. The molecule has 1 amide bonds. The SMILES string of the molecule is CC1(C)CN(C(=O)C23CC4C(SCc5ccccc5)C2CC4(c2ccccc2)C3)CC[C@@H]1N. The lowest BCUT2D eigenvalue weighted by atomic mass is 9.74. The lowest BCUT2D eigenvalue weighted by molar-refractivity contribution is -0.146. The van der Waals surface area contributed by atoms with Gasteiger partial charge in [0.05, 0.1) is 5.41 Å². The lowest BCUT2D eigenvalue weighted by Crippen LogP contribution is -2.57. The number of amides is 1. The molecule has 4 saturated carbocycles. The van der Waals surface area contributed by atoms with Crippen LogP contribution >= 0.6 is 11.8 Å². The number of carbonyl (C=O) groups is 1. The molecule has 2 aromatic rings. The first kappa shape index (κ1) is 21.7. The summed E-state index contributed by atoms with van der Waals surface area (Å²) in [4.78, 5) is 16.5. The molecule has 1 heterocycles. The summed E-state index contributed by atoms with van der Waals surface area (Å²) in [6.07, 6.45) is 4.21. The minimum atomic E-state index is -0.174. The van der Waals surface area contributed by atoms with Crippen molar-refractivity contribution in [2.45, 2.75) is 62.0 Å². The normalized spacial score (nSPS) is 38.2. The summed E-state index contributed by atoms with van der Waals surface area (Å²) >= 11 is 2.12. The number of rotatable bonds is 5. The predicted molar refractivity (Wildman–Crippen MR) is 136 cm³/mol. The maximum atomic E-state index is 14.3. The highest BCUT2D eigenvalue weighted by molar-refractivity contribution is 7.99. The zero-order valence-electron chi connectivity index (χ0n) is 19.9. The van der Waals surface area contributed by atoms with Gasteiger partial charge in [-0.25, -0.2) is 0 Å². The Bertz CT molecular complexity index is 1040. The third-order valence-corrected chi connectivity index (χ3v) is 11.2. The molecule has 0 radical (unpaired) electrons. The van der Waals surface area contributed by atoms with Crippen molar-refractivity contribution in [2.75, 3.05) is 13.1 Å². The molecule has 4 heteroatoms. The van der Waals surface area contributed by atoms with Gasteiger partial charge >= 0.3 is 0 Å². The molecule has 1 aliphatic heterocycles. The highest BCUT2D eigenvalue weighted by Gasteiger charge is 2.77. The average Bonchev–Trinajstić information content (AvgIpc) is 3.53. The van der Waals surface area contributed by atoms with E-state index in [4.69, 9.17) is 5.73 Å². The highest BCUT2D eigenvalue weighted by Crippen LogP contribution is 2.78. The van der Waals surface area contributed by atoms with Crippen LogP contribution in [0.4, 0.5) is 0 Å². The largest absolute Gasteiger partial charge is 0.342 e. The van der Waals surface area contributed by atoms with Crippen LogP contribution in [-0.2, 0) is 16.0 Å². The van der Waals surface area contributed by atoms with Crippen LogP contribution in [0.2, 0.25) is 0 Å². The maximum absolute atomic E-state index is 14.3. The molecule has 2 aromatic carbocycles. The number of benzene rings is 2. The Balaban J connectivity index is 1.31. The minimum absolute atomic E-state index is 0.0112. The van der Waals surface area contributed by atoms with Crippen LogP contribution in [0.5, 0.6) is 0 Å². The molecule has 0 spiro atoms. The Labute approximate surface area is 202 Å². The van der Waals surface area contributed by atoms with Crippen LogP contribution in [0.25, 0.3) is 0 Å². The monoisotopic (exact) mass is 460 g/mol. The van der Waals surface area contributed by atoms with Crippen LogP contribution in [0.1, 0.15) is 50.7 Å². The highest BCUT2D eigenvalue weighted by atomic mass is 32.2. The van der Waals surface area contributed by atoms with Crippen molar-refractivity contribution in [3.8, 4) is 0 Å². The molecule has 174 valence electrons. The van der Waals surface area contributed by atoms with E-state index in [1.807, 2.05) is 0 Å². The predicted octanol–water partition coefficient (Wildman–Crippen LogP) is 5.24. The van der Waals surface area contributed by atoms with Gasteiger partial charge in [-0.3, -0.25) is 4.79 Å². The third kappa shape index (κ3) is 3.16. The summed E-state index contributed by atoms with van der Waals surface area (Å²) in [5.41, 5.74) is 9.26. The molecular formula is C29H36N2OS. The number of piperidine rings is 1. The van der Waals surface area contributed by atoms with Gasteiger partial charge in [-0.1, -0.05) is 74.5 Å². The smallest absolute Gasteiger partial charge is 0.229 e.